The molecule has 62 valence electrons. The van der Waals surface area contributed by atoms with Gasteiger partial charge >= 0.3 is 0 Å². The van der Waals surface area contributed by atoms with Crippen LogP contribution < -0.4 is 0 Å². The van der Waals surface area contributed by atoms with Crippen molar-refractivity contribution in [3.05, 3.63) is 12.2 Å². The van der Waals surface area contributed by atoms with Gasteiger partial charge in [-0.25, -0.2) is 0 Å². The van der Waals surface area contributed by atoms with Gasteiger partial charge in [-0.3, -0.25) is 0 Å². The second-order valence-electron chi connectivity index (χ2n) is 4.33. The Morgan fingerprint density at radius 2 is 1.36 bits per heavy atom. The molecule has 2 fully saturated rings. The van der Waals surface area contributed by atoms with Crippen molar-refractivity contribution in [3.8, 4) is 0 Å². The van der Waals surface area contributed by atoms with E-state index in [-0.39, 0.29) is 0 Å². The van der Waals surface area contributed by atoms with Crippen LogP contribution in [0.3, 0.4) is 0 Å². The minimum absolute atomic E-state index is 0.667. The lowest BCUT2D eigenvalue weighted by molar-refractivity contribution is 0.375. The lowest BCUT2D eigenvalue weighted by Gasteiger charge is -2.17. The highest BCUT2D eigenvalue weighted by atomic mass is 14.5. The molecule has 0 aromatic rings. The smallest absolute Gasteiger partial charge is 0.00532 e. The quantitative estimate of drug-likeness (QED) is 0.462. The monoisotopic (exact) mass is 150 g/mol. The zero-order valence-corrected chi connectivity index (χ0v) is 7.36. The number of allylic oxidation sites excluding steroid dienone is 1. The van der Waals surface area contributed by atoms with Gasteiger partial charge in [0.1, 0.15) is 0 Å². The van der Waals surface area contributed by atoms with E-state index in [1.165, 1.54) is 51.4 Å². The van der Waals surface area contributed by atoms with Crippen molar-refractivity contribution in [1.29, 1.82) is 0 Å². The summed E-state index contributed by atoms with van der Waals surface area (Å²) >= 11 is 0. The topological polar surface area (TPSA) is 0 Å². The van der Waals surface area contributed by atoms with Crippen molar-refractivity contribution < 1.29 is 0 Å². The molecule has 2 aliphatic rings. The minimum Gasteiger partial charge on any atom is -0.0993 e. The average molecular weight is 150 g/mol. The van der Waals surface area contributed by atoms with E-state index in [4.69, 9.17) is 0 Å². The maximum atomic E-state index is 4.12. The van der Waals surface area contributed by atoms with Gasteiger partial charge < -0.3 is 0 Å². The van der Waals surface area contributed by atoms with E-state index < -0.39 is 0 Å². The maximum Gasteiger partial charge on any atom is -0.00532 e. The van der Waals surface area contributed by atoms with Gasteiger partial charge in [-0.1, -0.05) is 44.3 Å². The van der Waals surface area contributed by atoms with E-state index in [9.17, 15) is 0 Å². The highest BCUT2D eigenvalue weighted by Crippen LogP contribution is 2.58. The van der Waals surface area contributed by atoms with Gasteiger partial charge in [-0.15, -0.1) is 0 Å². The molecule has 0 saturated heterocycles. The fourth-order valence-electron chi connectivity index (χ4n) is 2.48. The third-order valence-electron chi connectivity index (χ3n) is 3.49. The van der Waals surface area contributed by atoms with E-state index in [0.29, 0.717) is 5.41 Å². The molecule has 0 heteroatoms. The molecule has 0 amide bonds. The molecule has 11 heavy (non-hydrogen) atoms. The molecule has 0 aromatic carbocycles. The molecule has 0 unspecified atom stereocenters. The van der Waals surface area contributed by atoms with Crippen LogP contribution in [-0.2, 0) is 0 Å². The van der Waals surface area contributed by atoms with Gasteiger partial charge in [0, 0.05) is 0 Å². The van der Waals surface area contributed by atoms with Crippen molar-refractivity contribution in [3.63, 3.8) is 0 Å². The van der Waals surface area contributed by atoms with Gasteiger partial charge in [0.2, 0.25) is 0 Å². The minimum atomic E-state index is 0.667. The summed E-state index contributed by atoms with van der Waals surface area (Å²) in [4.78, 5) is 0. The molecule has 0 atom stereocenters. The second-order valence-corrected chi connectivity index (χ2v) is 4.33. The Morgan fingerprint density at radius 1 is 0.909 bits per heavy atom. The largest absolute Gasteiger partial charge is 0.0993 e. The normalized spacial score (nSPS) is 29.6. The molecule has 0 nitrogen and oxygen atoms in total. The predicted octanol–water partition coefficient (Wildman–Crippen LogP) is 3.68. The highest BCUT2D eigenvalue weighted by Gasteiger charge is 2.45. The fourth-order valence-corrected chi connectivity index (χ4v) is 2.48. The van der Waals surface area contributed by atoms with Crippen molar-refractivity contribution >= 4 is 0 Å². The summed E-state index contributed by atoms with van der Waals surface area (Å²) in [7, 11) is 0. The van der Waals surface area contributed by atoms with E-state index >= 15 is 0 Å². The molecule has 2 aliphatic carbocycles. The van der Waals surface area contributed by atoms with Crippen LogP contribution in [0.4, 0.5) is 0 Å². The summed E-state index contributed by atoms with van der Waals surface area (Å²) in [6, 6.07) is 0. The summed E-state index contributed by atoms with van der Waals surface area (Å²) in [6.45, 7) is 4.12. The van der Waals surface area contributed by atoms with E-state index in [0.717, 1.165) is 0 Å². The molecular formula is C11H18. The second kappa shape index (κ2) is 2.66. The average Bonchev–Trinajstić information content (AvgIpc) is 2.55. The van der Waals surface area contributed by atoms with E-state index in [1.54, 1.807) is 5.57 Å². The lowest BCUT2D eigenvalue weighted by Crippen LogP contribution is -2.03. The van der Waals surface area contributed by atoms with Gasteiger partial charge in [0.25, 0.3) is 0 Å². The standard InChI is InChI=1S/C11H18/c1-10-9-11(10)7-5-3-2-4-6-8-11/h1-9H2. The zero-order valence-electron chi connectivity index (χ0n) is 7.36. The van der Waals surface area contributed by atoms with Crippen molar-refractivity contribution in [2.24, 2.45) is 5.41 Å². The Hall–Kier alpha value is -0.260. The molecule has 0 bridgehead atoms. The summed E-state index contributed by atoms with van der Waals surface area (Å²) in [5.74, 6) is 0. The molecular weight excluding hydrogens is 132 g/mol. The molecule has 0 aromatic heterocycles. The lowest BCUT2D eigenvalue weighted by atomic mass is 9.88. The van der Waals surface area contributed by atoms with Crippen LogP contribution in [0.25, 0.3) is 0 Å². The van der Waals surface area contributed by atoms with Crippen molar-refractivity contribution in [2.45, 2.75) is 51.4 Å². The number of hydrogen-bond donors (Lipinski definition) is 0. The Morgan fingerprint density at radius 3 is 1.82 bits per heavy atom. The molecule has 0 aliphatic heterocycles. The Kier molecular flexibility index (Phi) is 1.78. The molecule has 2 saturated carbocycles. The van der Waals surface area contributed by atoms with Crippen LogP contribution in [-0.4, -0.2) is 0 Å². The van der Waals surface area contributed by atoms with Crippen molar-refractivity contribution in [2.75, 3.05) is 0 Å². The summed E-state index contributed by atoms with van der Waals surface area (Å²) < 4.78 is 0. The Labute approximate surface area is 69.7 Å². The van der Waals surface area contributed by atoms with Crippen LogP contribution in [0.1, 0.15) is 51.4 Å². The van der Waals surface area contributed by atoms with Crippen LogP contribution >= 0.6 is 0 Å². The summed E-state index contributed by atoms with van der Waals surface area (Å²) in [6.07, 6.45) is 11.6. The van der Waals surface area contributed by atoms with Gasteiger partial charge in [0.15, 0.2) is 0 Å². The first kappa shape index (κ1) is 7.39. The number of hydrogen-bond acceptors (Lipinski definition) is 0. The van der Waals surface area contributed by atoms with Crippen molar-refractivity contribution in [1.82, 2.24) is 0 Å². The van der Waals surface area contributed by atoms with Gasteiger partial charge in [0.05, 0.1) is 0 Å². The molecule has 0 radical (unpaired) electrons. The van der Waals surface area contributed by atoms with Gasteiger partial charge in [-0.2, -0.15) is 0 Å². The first-order valence-electron chi connectivity index (χ1n) is 5.02. The van der Waals surface area contributed by atoms with Crippen LogP contribution in [0, 0.1) is 5.41 Å². The zero-order chi connectivity index (χ0) is 7.73. The molecule has 2 rings (SSSR count). The molecule has 0 N–H and O–H groups in total. The molecule has 0 heterocycles. The highest BCUT2D eigenvalue weighted by molar-refractivity contribution is 5.29. The van der Waals surface area contributed by atoms with Crippen LogP contribution in [0.15, 0.2) is 12.2 Å². The van der Waals surface area contributed by atoms with E-state index in [1.807, 2.05) is 0 Å². The summed E-state index contributed by atoms with van der Waals surface area (Å²) in [5.41, 5.74) is 2.22. The predicted molar refractivity (Wildman–Crippen MR) is 48.5 cm³/mol. The third-order valence-corrected chi connectivity index (χ3v) is 3.49. The Balaban J connectivity index is 1.93. The number of rotatable bonds is 0. The molecule has 1 spiro atoms. The maximum absolute atomic E-state index is 4.12. The van der Waals surface area contributed by atoms with Gasteiger partial charge in [-0.05, 0) is 24.7 Å². The van der Waals surface area contributed by atoms with Crippen LogP contribution in [0.2, 0.25) is 0 Å². The first-order valence-corrected chi connectivity index (χ1v) is 5.02. The fraction of sp³-hybridized carbons (Fsp3) is 0.818. The van der Waals surface area contributed by atoms with Crippen LogP contribution in [0.5, 0.6) is 0 Å². The third kappa shape index (κ3) is 1.36. The SMILES string of the molecule is C=C1CC12CCCCCCC2. The first-order chi connectivity index (χ1) is 5.33. The van der Waals surface area contributed by atoms with E-state index in [2.05, 4.69) is 6.58 Å². The summed E-state index contributed by atoms with van der Waals surface area (Å²) in [5, 5.41) is 0. The Bertz CT molecular complexity index is 159.